The van der Waals surface area contributed by atoms with Gasteiger partial charge in [-0.3, -0.25) is 9.59 Å². The molecular weight excluding hydrogens is 841 g/mol. The number of likely N-dealkylation sites (tertiary alicyclic amines) is 1. The topological polar surface area (TPSA) is 193 Å². The van der Waals surface area contributed by atoms with Crippen molar-refractivity contribution in [2.24, 2.45) is 11.8 Å². The Balaban J connectivity index is 1.07. The lowest BCUT2D eigenvalue weighted by molar-refractivity contribution is -0.139. The summed E-state index contributed by atoms with van der Waals surface area (Å²) in [6, 6.07) is 21.0. The van der Waals surface area contributed by atoms with Gasteiger partial charge in [-0.2, -0.15) is 0 Å². The number of hydrogen-bond acceptors (Lipinski definition) is 10. The Morgan fingerprint density at radius 3 is 2.36 bits per heavy atom. The van der Waals surface area contributed by atoms with Crippen molar-refractivity contribution in [2.75, 3.05) is 34.5 Å². The number of methoxy groups -OCH3 is 3. The van der Waals surface area contributed by atoms with Gasteiger partial charge in [0.1, 0.15) is 36.1 Å². The minimum absolute atomic E-state index is 0.0554. The van der Waals surface area contributed by atoms with E-state index in [0.717, 1.165) is 55.5 Å². The summed E-state index contributed by atoms with van der Waals surface area (Å²) in [5, 5.41) is 7.37. The van der Waals surface area contributed by atoms with Crippen LogP contribution < -0.4 is 15.4 Å². The van der Waals surface area contributed by atoms with E-state index in [1.54, 1.807) is 23.1 Å². The second kappa shape index (κ2) is 19.3. The molecule has 5 atom stereocenters. The van der Waals surface area contributed by atoms with E-state index in [-0.39, 0.29) is 35.7 Å². The molecule has 6 aromatic rings. The van der Waals surface area contributed by atoms with Gasteiger partial charge in [-0.25, -0.2) is 19.6 Å². The summed E-state index contributed by atoms with van der Waals surface area (Å²) in [5.74, 6) is 1.47. The lowest BCUT2D eigenvalue weighted by Crippen LogP contribution is -2.54. The molecule has 1 saturated heterocycles. The van der Waals surface area contributed by atoms with E-state index in [0.29, 0.717) is 49.8 Å². The molecule has 4 amide bonds. The van der Waals surface area contributed by atoms with Gasteiger partial charge in [0.05, 0.1) is 55.8 Å². The summed E-state index contributed by atoms with van der Waals surface area (Å²) >= 11 is 0. The number of hydrogen-bond donors (Lipinski definition) is 4. The molecule has 0 saturated carbocycles. The van der Waals surface area contributed by atoms with Gasteiger partial charge in [0.15, 0.2) is 0 Å². The third-order valence-corrected chi connectivity index (χ3v) is 12.7. The number of carbonyl (C=O) groups is 4. The summed E-state index contributed by atoms with van der Waals surface area (Å²) < 4.78 is 21.7. The number of aromatic amines is 2. The molecule has 66 heavy (non-hydrogen) atoms. The van der Waals surface area contributed by atoms with E-state index in [1.807, 2.05) is 77.1 Å². The van der Waals surface area contributed by atoms with Crippen LogP contribution in [0.2, 0.25) is 0 Å². The second-order valence-corrected chi connectivity index (χ2v) is 17.7. The van der Waals surface area contributed by atoms with Crippen molar-refractivity contribution in [3.8, 4) is 28.1 Å². The molecule has 1 fully saturated rings. The highest BCUT2D eigenvalue weighted by molar-refractivity contribution is 6.07. The molecule has 2 aliphatic heterocycles. The van der Waals surface area contributed by atoms with Crippen molar-refractivity contribution in [3.05, 3.63) is 102 Å². The number of fused-ring (bicyclic) bond motifs is 6. The lowest BCUT2D eigenvalue weighted by Gasteiger charge is -2.37. The van der Waals surface area contributed by atoms with Crippen LogP contribution in [0.15, 0.2) is 79.0 Å². The first-order chi connectivity index (χ1) is 31.8. The molecule has 2 aromatic heterocycles. The number of nitrogens with one attached hydrogen (secondary N) is 4. The molecule has 8 rings (SSSR count). The fourth-order valence-corrected chi connectivity index (χ4v) is 9.49. The molecule has 16 heteroatoms. The standard InChI is InChI=1S/C50H58N8O8/c1-9-39(58(28(4)5)48(60)42(27(2)3)55-49(61)64-7)45-51-23-38(53-45)32-15-17-34-33(20-32)26-66-41-22-35-31(21-36(34)41)16-18-37-44(35)54-46(52-37)40-19-29(25-63-6)24-57(40)47(59)43(56-50(62)65-8)30-13-11-10-12-14-30/h10-18,20-23,27-29,39-40,42-43H,9,19,24-26H2,1-8H3,(H,51,53)(H,52,54)(H,55,61)(H,56,62)/t29-,39-,40-,42-,43+/m0/s1. The Kier molecular flexibility index (Phi) is 13.3. The van der Waals surface area contributed by atoms with Gasteiger partial charge in [0, 0.05) is 36.6 Å². The van der Waals surface area contributed by atoms with Crippen LogP contribution in [0.25, 0.3) is 44.2 Å². The Morgan fingerprint density at radius 1 is 0.909 bits per heavy atom. The fourth-order valence-electron chi connectivity index (χ4n) is 9.49. The highest BCUT2D eigenvalue weighted by Crippen LogP contribution is 2.44. The number of benzene rings is 4. The number of ether oxygens (including phenoxy) is 4. The predicted octanol–water partition coefficient (Wildman–Crippen LogP) is 8.37. The van der Waals surface area contributed by atoms with Gasteiger partial charge in [0.25, 0.3) is 5.91 Å². The van der Waals surface area contributed by atoms with Gasteiger partial charge < -0.3 is 49.3 Å². The maximum Gasteiger partial charge on any atom is 0.407 e. The molecule has 4 aromatic carbocycles. The van der Waals surface area contributed by atoms with Crippen molar-refractivity contribution in [1.29, 1.82) is 0 Å². The molecule has 346 valence electrons. The maximum atomic E-state index is 14.4. The van der Waals surface area contributed by atoms with Gasteiger partial charge in [-0.05, 0) is 84.5 Å². The molecule has 0 bridgehead atoms. The molecule has 4 heterocycles. The predicted molar refractivity (Wildman–Crippen MR) is 249 cm³/mol. The number of nitrogens with zero attached hydrogens (tertiary/aromatic N) is 4. The van der Waals surface area contributed by atoms with Gasteiger partial charge in [-0.15, -0.1) is 0 Å². The van der Waals surface area contributed by atoms with Crippen molar-refractivity contribution in [2.45, 2.75) is 84.3 Å². The quantitative estimate of drug-likeness (QED) is 0.0826. The zero-order chi connectivity index (χ0) is 46.8. The normalized spacial score (nSPS) is 16.9. The van der Waals surface area contributed by atoms with Crippen molar-refractivity contribution in [3.63, 3.8) is 0 Å². The van der Waals surface area contributed by atoms with Crippen LogP contribution in [0.5, 0.6) is 5.75 Å². The molecule has 0 unspecified atom stereocenters. The molecule has 2 aliphatic rings. The number of carbonyl (C=O) groups excluding carboxylic acids is 4. The summed E-state index contributed by atoms with van der Waals surface area (Å²) in [7, 11) is 4.21. The van der Waals surface area contributed by atoms with E-state index in [1.165, 1.54) is 14.2 Å². The first-order valence-electron chi connectivity index (χ1n) is 22.5. The largest absolute Gasteiger partial charge is 0.488 e. The van der Waals surface area contributed by atoms with Crippen LogP contribution in [-0.4, -0.2) is 100 Å². The van der Waals surface area contributed by atoms with Crippen LogP contribution in [-0.2, 0) is 30.4 Å². The lowest BCUT2D eigenvalue weighted by atomic mass is 9.92. The highest BCUT2D eigenvalue weighted by Gasteiger charge is 2.42. The average Bonchev–Trinajstić information content (AvgIpc) is 4.10. The number of rotatable bonds is 14. The molecule has 16 nitrogen and oxygen atoms in total. The van der Waals surface area contributed by atoms with E-state index in [2.05, 4.69) is 50.9 Å². The second-order valence-electron chi connectivity index (χ2n) is 17.7. The average molecular weight is 899 g/mol. The molecular formula is C50H58N8O8. The van der Waals surface area contributed by atoms with Crippen LogP contribution in [0.3, 0.4) is 0 Å². The Hall–Kier alpha value is -6.94. The van der Waals surface area contributed by atoms with Gasteiger partial charge >= 0.3 is 12.2 Å². The van der Waals surface area contributed by atoms with E-state index < -0.39 is 30.3 Å². The number of H-pyrrole nitrogens is 2. The summed E-state index contributed by atoms with van der Waals surface area (Å²) in [4.78, 5) is 73.7. The monoisotopic (exact) mass is 898 g/mol. The number of aromatic nitrogens is 4. The minimum Gasteiger partial charge on any atom is -0.488 e. The highest BCUT2D eigenvalue weighted by atomic mass is 16.5. The smallest absolute Gasteiger partial charge is 0.407 e. The van der Waals surface area contributed by atoms with E-state index >= 15 is 0 Å². The number of amides is 4. The Labute approximate surface area is 383 Å². The van der Waals surface area contributed by atoms with Crippen LogP contribution in [0, 0.1) is 11.8 Å². The van der Waals surface area contributed by atoms with Gasteiger partial charge in [0.2, 0.25) is 5.91 Å². The summed E-state index contributed by atoms with van der Waals surface area (Å²) in [6.07, 6.45) is 1.67. The van der Waals surface area contributed by atoms with Crippen LogP contribution in [0.1, 0.15) is 88.4 Å². The Morgan fingerprint density at radius 2 is 1.67 bits per heavy atom. The first-order valence-corrected chi connectivity index (χ1v) is 22.5. The van der Waals surface area contributed by atoms with Crippen molar-refractivity contribution < 1.29 is 38.1 Å². The first kappa shape index (κ1) is 45.6. The number of alkyl carbamates (subject to hydrolysis) is 2. The zero-order valence-corrected chi connectivity index (χ0v) is 38.6. The van der Waals surface area contributed by atoms with E-state index in [9.17, 15) is 19.2 Å². The zero-order valence-electron chi connectivity index (χ0n) is 38.6. The van der Waals surface area contributed by atoms with Crippen molar-refractivity contribution >= 4 is 45.8 Å². The van der Waals surface area contributed by atoms with Gasteiger partial charge in [-0.1, -0.05) is 69.3 Å². The third-order valence-electron chi connectivity index (χ3n) is 12.7. The molecule has 0 aliphatic carbocycles. The molecule has 0 spiro atoms. The molecule has 0 radical (unpaired) electrons. The Bertz CT molecular complexity index is 2750. The van der Waals surface area contributed by atoms with Crippen LogP contribution >= 0.6 is 0 Å². The summed E-state index contributed by atoms with van der Waals surface area (Å²) in [5.41, 5.74) is 7.02. The maximum absolute atomic E-state index is 14.4. The van der Waals surface area contributed by atoms with Crippen molar-refractivity contribution in [1.82, 2.24) is 40.4 Å². The SMILES string of the molecule is CC[C@@H](c1ncc(-c2ccc3c(c2)COc2cc4c(ccc5[nH]c([C@@H]6C[C@H](COC)CN6C(=O)[C@H](NC(=O)OC)c6ccccc6)nc54)cc2-3)[nH]1)N(C(=O)[C@@H](NC(=O)OC)C(C)C)C(C)C. The molecule has 4 N–H and O–H groups in total. The van der Waals surface area contributed by atoms with E-state index in [4.69, 9.17) is 28.9 Å². The fraction of sp³-hybridized carbons (Fsp3) is 0.400. The third kappa shape index (κ3) is 8.89. The summed E-state index contributed by atoms with van der Waals surface area (Å²) in [6.45, 7) is 11.0. The van der Waals surface area contributed by atoms with Crippen LogP contribution in [0.4, 0.5) is 9.59 Å². The number of imidazole rings is 2. The minimum atomic E-state index is -0.958.